The molecule has 0 N–H and O–H groups in total. The first-order valence-corrected chi connectivity index (χ1v) is 6.03. The van der Waals surface area contributed by atoms with Crippen LogP contribution in [0, 0.1) is 18.3 Å². The molecule has 0 aliphatic rings. The molecule has 3 rings (SSSR count). The van der Waals surface area contributed by atoms with E-state index in [-0.39, 0.29) is 11.6 Å². The Morgan fingerprint density at radius 1 is 1.10 bits per heavy atom. The average molecular weight is 262 g/mol. The molecule has 0 saturated carbocycles. The minimum absolute atomic E-state index is 0.150. The maximum absolute atomic E-state index is 9.01. The second-order valence-corrected chi connectivity index (χ2v) is 4.20. The fraction of sp³-hybridized carbons (Fsp3) is 0.0667. The van der Waals surface area contributed by atoms with Crippen LogP contribution in [0.3, 0.4) is 0 Å². The summed E-state index contributed by atoms with van der Waals surface area (Å²) in [6, 6.07) is 11.5. The largest absolute Gasteiger partial charge is 0.434 e. The monoisotopic (exact) mass is 262 g/mol. The van der Waals surface area contributed by atoms with Gasteiger partial charge in [-0.1, -0.05) is 18.2 Å². The second kappa shape index (κ2) is 4.94. The van der Waals surface area contributed by atoms with Crippen LogP contribution < -0.4 is 4.74 Å². The standard InChI is InChI=1S/C15H10N4O/c1-10-5-6-11-3-2-4-13(14(11)19-10)20-15-12(9-16)17-7-8-18-15/h2-8H,1H3. The third kappa shape index (κ3) is 2.15. The van der Waals surface area contributed by atoms with Crippen molar-refractivity contribution in [2.75, 3.05) is 0 Å². The minimum atomic E-state index is 0.150. The highest BCUT2D eigenvalue weighted by atomic mass is 16.5. The molecule has 0 fully saturated rings. The van der Waals surface area contributed by atoms with Crippen molar-refractivity contribution in [2.45, 2.75) is 6.92 Å². The molecule has 0 amide bonds. The van der Waals surface area contributed by atoms with E-state index in [9.17, 15) is 0 Å². The molecule has 3 aromatic rings. The van der Waals surface area contributed by atoms with Gasteiger partial charge in [-0.15, -0.1) is 0 Å². The summed E-state index contributed by atoms with van der Waals surface area (Å²) in [5.41, 5.74) is 1.78. The smallest absolute Gasteiger partial charge is 0.256 e. The fourth-order valence-corrected chi connectivity index (χ4v) is 1.88. The Bertz CT molecular complexity index is 823. The molecule has 96 valence electrons. The lowest BCUT2D eigenvalue weighted by Gasteiger charge is -2.08. The first-order valence-electron chi connectivity index (χ1n) is 6.03. The lowest BCUT2D eigenvalue weighted by atomic mass is 10.2. The number of aromatic nitrogens is 3. The Labute approximate surface area is 115 Å². The normalized spacial score (nSPS) is 10.2. The minimum Gasteiger partial charge on any atom is -0.434 e. The lowest BCUT2D eigenvalue weighted by molar-refractivity contribution is 0.462. The van der Waals surface area contributed by atoms with Crippen molar-refractivity contribution in [3.63, 3.8) is 0 Å². The summed E-state index contributed by atoms with van der Waals surface area (Å²) in [5, 5.41) is 9.97. The Morgan fingerprint density at radius 2 is 1.95 bits per heavy atom. The van der Waals surface area contributed by atoms with E-state index in [1.54, 1.807) is 6.07 Å². The highest BCUT2D eigenvalue weighted by molar-refractivity contribution is 5.84. The number of hydrogen-bond acceptors (Lipinski definition) is 5. The van der Waals surface area contributed by atoms with E-state index < -0.39 is 0 Å². The average Bonchev–Trinajstić information content (AvgIpc) is 2.48. The van der Waals surface area contributed by atoms with Crippen LogP contribution in [0.4, 0.5) is 0 Å². The summed E-state index contributed by atoms with van der Waals surface area (Å²) in [6.07, 6.45) is 2.94. The number of nitriles is 1. The molecule has 2 heterocycles. The van der Waals surface area contributed by atoms with Crippen molar-refractivity contribution in [2.24, 2.45) is 0 Å². The van der Waals surface area contributed by atoms with Crippen LogP contribution in [-0.2, 0) is 0 Å². The van der Waals surface area contributed by atoms with Crippen molar-refractivity contribution in [1.29, 1.82) is 5.26 Å². The molecule has 0 unspecified atom stereocenters. The van der Waals surface area contributed by atoms with E-state index in [2.05, 4.69) is 15.0 Å². The van der Waals surface area contributed by atoms with Crippen LogP contribution in [-0.4, -0.2) is 15.0 Å². The van der Waals surface area contributed by atoms with Crippen molar-refractivity contribution >= 4 is 10.9 Å². The van der Waals surface area contributed by atoms with Crippen LogP contribution in [0.15, 0.2) is 42.7 Å². The molecule has 0 atom stereocenters. The third-order valence-electron chi connectivity index (χ3n) is 2.80. The molecular formula is C15H10N4O. The fourth-order valence-electron chi connectivity index (χ4n) is 1.88. The number of hydrogen-bond donors (Lipinski definition) is 0. The Morgan fingerprint density at radius 3 is 2.80 bits per heavy atom. The number of benzene rings is 1. The summed E-state index contributed by atoms with van der Waals surface area (Å²) in [6.45, 7) is 1.92. The van der Waals surface area contributed by atoms with Crippen LogP contribution in [0.2, 0.25) is 0 Å². The topological polar surface area (TPSA) is 71.7 Å². The zero-order valence-corrected chi connectivity index (χ0v) is 10.7. The first-order chi connectivity index (χ1) is 9.78. The van der Waals surface area contributed by atoms with Gasteiger partial charge in [-0.05, 0) is 19.1 Å². The summed E-state index contributed by atoms with van der Waals surface area (Å²) in [5.74, 6) is 0.744. The Balaban J connectivity index is 2.11. The predicted molar refractivity (Wildman–Crippen MR) is 73.3 cm³/mol. The molecule has 20 heavy (non-hydrogen) atoms. The van der Waals surface area contributed by atoms with Crippen LogP contribution in [0.1, 0.15) is 11.4 Å². The molecule has 0 bridgehead atoms. The van der Waals surface area contributed by atoms with Gasteiger partial charge < -0.3 is 4.74 Å². The van der Waals surface area contributed by atoms with E-state index >= 15 is 0 Å². The van der Waals surface area contributed by atoms with Gasteiger partial charge in [-0.2, -0.15) is 5.26 Å². The summed E-state index contributed by atoms with van der Waals surface area (Å²) >= 11 is 0. The van der Waals surface area contributed by atoms with Gasteiger partial charge in [-0.3, -0.25) is 0 Å². The predicted octanol–water partition coefficient (Wildman–Crippen LogP) is 3.00. The number of fused-ring (bicyclic) bond motifs is 1. The zero-order valence-electron chi connectivity index (χ0n) is 10.7. The third-order valence-corrected chi connectivity index (χ3v) is 2.80. The highest BCUT2D eigenvalue weighted by Crippen LogP contribution is 2.28. The molecule has 0 saturated heterocycles. The number of nitrogens with zero attached hydrogens (tertiary/aromatic N) is 4. The number of rotatable bonds is 2. The molecule has 5 heteroatoms. The molecule has 2 aromatic heterocycles. The summed E-state index contributed by atoms with van der Waals surface area (Å²) in [4.78, 5) is 12.4. The van der Waals surface area contributed by atoms with E-state index in [0.29, 0.717) is 5.75 Å². The Hall–Kier alpha value is -3.00. The van der Waals surface area contributed by atoms with Gasteiger partial charge in [0, 0.05) is 23.5 Å². The summed E-state index contributed by atoms with van der Waals surface area (Å²) < 4.78 is 5.71. The number of ether oxygens (including phenoxy) is 1. The van der Waals surface area contributed by atoms with E-state index in [1.807, 2.05) is 37.3 Å². The van der Waals surface area contributed by atoms with Crippen LogP contribution >= 0.6 is 0 Å². The van der Waals surface area contributed by atoms with Gasteiger partial charge in [0.1, 0.15) is 11.6 Å². The van der Waals surface area contributed by atoms with Gasteiger partial charge in [0.15, 0.2) is 5.75 Å². The van der Waals surface area contributed by atoms with E-state index in [1.165, 1.54) is 12.4 Å². The van der Waals surface area contributed by atoms with Gasteiger partial charge in [0.25, 0.3) is 5.88 Å². The van der Waals surface area contributed by atoms with E-state index in [0.717, 1.165) is 16.6 Å². The SMILES string of the molecule is Cc1ccc2cccc(Oc3nccnc3C#N)c2n1. The van der Waals surface area contributed by atoms with Crippen molar-refractivity contribution in [1.82, 2.24) is 15.0 Å². The Kier molecular flexibility index (Phi) is 2.98. The van der Waals surface area contributed by atoms with Crippen LogP contribution in [0.5, 0.6) is 11.6 Å². The first kappa shape index (κ1) is 12.1. The number of aryl methyl sites for hydroxylation is 1. The van der Waals surface area contributed by atoms with Crippen molar-refractivity contribution in [3.05, 3.63) is 54.1 Å². The molecule has 0 radical (unpaired) electrons. The van der Waals surface area contributed by atoms with Gasteiger partial charge in [0.2, 0.25) is 5.69 Å². The molecule has 1 aromatic carbocycles. The molecule has 0 aliphatic heterocycles. The highest BCUT2D eigenvalue weighted by Gasteiger charge is 2.10. The zero-order chi connectivity index (χ0) is 13.9. The van der Waals surface area contributed by atoms with Gasteiger partial charge >= 0.3 is 0 Å². The molecular weight excluding hydrogens is 252 g/mol. The maximum atomic E-state index is 9.01. The van der Waals surface area contributed by atoms with E-state index in [4.69, 9.17) is 10.00 Å². The second-order valence-electron chi connectivity index (χ2n) is 4.20. The summed E-state index contributed by atoms with van der Waals surface area (Å²) in [7, 11) is 0. The number of pyridine rings is 1. The van der Waals surface area contributed by atoms with Crippen LogP contribution in [0.25, 0.3) is 10.9 Å². The van der Waals surface area contributed by atoms with Gasteiger partial charge in [-0.25, -0.2) is 15.0 Å². The van der Waals surface area contributed by atoms with Crippen molar-refractivity contribution in [3.8, 4) is 17.7 Å². The lowest BCUT2D eigenvalue weighted by Crippen LogP contribution is -1.95. The van der Waals surface area contributed by atoms with Crippen molar-refractivity contribution < 1.29 is 4.74 Å². The molecule has 0 aliphatic carbocycles. The molecule has 5 nitrogen and oxygen atoms in total. The number of para-hydroxylation sites is 1. The quantitative estimate of drug-likeness (QED) is 0.709. The van der Waals surface area contributed by atoms with Gasteiger partial charge in [0.05, 0.1) is 0 Å². The molecule has 0 spiro atoms. The maximum Gasteiger partial charge on any atom is 0.256 e.